The fourth-order valence-corrected chi connectivity index (χ4v) is 2.20. The van der Waals surface area contributed by atoms with Gasteiger partial charge in [0.25, 0.3) is 0 Å². The molecule has 1 amide bonds. The predicted octanol–water partition coefficient (Wildman–Crippen LogP) is 0.391. The molecule has 0 aromatic carbocycles. The Morgan fingerprint density at radius 3 is 2.62 bits per heavy atom. The maximum atomic E-state index is 11.7. The highest BCUT2D eigenvalue weighted by Gasteiger charge is 2.48. The molecule has 0 radical (unpaired) electrons. The Balaban J connectivity index is 1.77. The van der Waals surface area contributed by atoms with Gasteiger partial charge in [-0.05, 0) is 26.2 Å². The third-order valence-corrected chi connectivity index (χ3v) is 3.28. The summed E-state index contributed by atoms with van der Waals surface area (Å²) in [5, 5.41) is 11.6. The number of rotatable bonds is 3. The van der Waals surface area contributed by atoms with Crippen LogP contribution in [0, 0.1) is 11.8 Å². The van der Waals surface area contributed by atoms with E-state index in [-0.39, 0.29) is 24.0 Å². The normalized spacial score (nSPS) is 37.8. The summed E-state index contributed by atoms with van der Waals surface area (Å²) >= 11 is 0. The number of carboxylic acid groups (broad SMARTS) is 1. The topological polar surface area (TPSA) is 75.6 Å². The fraction of sp³-hybridized carbons (Fsp3) is 0.818. The van der Waals surface area contributed by atoms with Gasteiger partial charge >= 0.3 is 5.97 Å². The van der Waals surface area contributed by atoms with Crippen LogP contribution in [0.1, 0.15) is 26.2 Å². The van der Waals surface area contributed by atoms with E-state index in [0.29, 0.717) is 13.0 Å². The van der Waals surface area contributed by atoms with Crippen LogP contribution in [-0.2, 0) is 14.3 Å². The van der Waals surface area contributed by atoms with Crippen molar-refractivity contribution in [3.63, 3.8) is 0 Å². The molecule has 1 saturated heterocycles. The van der Waals surface area contributed by atoms with Gasteiger partial charge in [0.05, 0.1) is 17.9 Å². The Morgan fingerprint density at radius 2 is 2.06 bits per heavy atom. The number of hydrogen-bond donors (Lipinski definition) is 2. The van der Waals surface area contributed by atoms with E-state index in [1.54, 1.807) is 0 Å². The van der Waals surface area contributed by atoms with Crippen molar-refractivity contribution in [1.29, 1.82) is 0 Å². The van der Waals surface area contributed by atoms with E-state index in [0.717, 1.165) is 12.8 Å². The minimum Gasteiger partial charge on any atom is -0.481 e. The maximum Gasteiger partial charge on any atom is 0.307 e. The highest BCUT2D eigenvalue weighted by molar-refractivity contribution is 5.89. The van der Waals surface area contributed by atoms with E-state index in [4.69, 9.17) is 9.84 Å². The van der Waals surface area contributed by atoms with E-state index in [1.807, 2.05) is 6.92 Å². The molecule has 0 bridgehead atoms. The molecule has 0 aromatic heterocycles. The van der Waals surface area contributed by atoms with Gasteiger partial charge in [-0.25, -0.2) is 0 Å². The lowest BCUT2D eigenvalue weighted by atomic mass is 10.0. The molecule has 2 rings (SSSR count). The van der Waals surface area contributed by atoms with Gasteiger partial charge in [-0.1, -0.05) is 0 Å². The fourth-order valence-electron chi connectivity index (χ4n) is 2.20. The van der Waals surface area contributed by atoms with Crippen molar-refractivity contribution in [1.82, 2.24) is 5.32 Å². The summed E-state index contributed by atoms with van der Waals surface area (Å²) in [6.45, 7) is 2.65. The molecule has 0 aromatic rings. The number of ether oxygens (including phenoxy) is 1. The SMILES string of the molecule is CC1CC(NC(=O)[C@@H]2C[C@@H]2C(=O)O)CCO1. The Hall–Kier alpha value is -1.10. The van der Waals surface area contributed by atoms with Gasteiger partial charge in [0, 0.05) is 12.6 Å². The summed E-state index contributed by atoms with van der Waals surface area (Å²) in [4.78, 5) is 22.3. The highest BCUT2D eigenvalue weighted by Crippen LogP contribution is 2.38. The molecule has 1 aliphatic carbocycles. The average Bonchev–Trinajstić information content (AvgIpc) is 2.96. The molecular weight excluding hydrogens is 210 g/mol. The molecule has 90 valence electrons. The van der Waals surface area contributed by atoms with Crippen molar-refractivity contribution in [2.24, 2.45) is 11.8 Å². The third-order valence-electron chi connectivity index (χ3n) is 3.28. The van der Waals surface area contributed by atoms with E-state index in [2.05, 4.69) is 5.32 Å². The molecule has 1 heterocycles. The van der Waals surface area contributed by atoms with Crippen molar-refractivity contribution in [2.45, 2.75) is 38.3 Å². The Morgan fingerprint density at radius 1 is 1.31 bits per heavy atom. The Labute approximate surface area is 94.2 Å². The Bertz CT molecular complexity index is 304. The zero-order valence-corrected chi connectivity index (χ0v) is 9.31. The van der Waals surface area contributed by atoms with Gasteiger partial charge in [0.1, 0.15) is 0 Å². The summed E-state index contributed by atoms with van der Waals surface area (Å²) < 4.78 is 5.38. The summed E-state index contributed by atoms with van der Waals surface area (Å²) in [5.74, 6) is -1.74. The highest BCUT2D eigenvalue weighted by atomic mass is 16.5. The second-order valence-corrected chi connectivity index (χ2v) is 4.70. The molecule has 2 N–H and O–H groups in total. The lowest BCUT2D eigenvalue weighted by Gasteiger charge is -2.27. The van der Waals surface area contributed by atoms with Crippen LogP contribution in [-0.4, -0.2) is 35.7 Å². The van der Waals surface area contributed by atoms with E-state index < -0.39 is 11.9 Å². The molecule has 1 aliphatic heterocycles. The smallest absolute Gasteiger partial charge is 0.307 e. The molecule has 5 heteroatoms. The number of carbonyl (C=O) groups is 2. The van der Waals surface area contributed by atoms with Gasteiger partial charge in [-0.15, -0.1) is 0 Å². The monoisotopic (exact) mass is 227 g/mol. The van der Waals surface area contributed by atoms with Crippen LogP contribution in [0.15, 0.2) is 0 Å². The minimum absolute atomic E-state index is 0.105. The second-order valence-electron chi connectivity index (χ2n) is 4.70. The second kappa shape index (κ2) is 4.41. The predicted molar refractivity (Wildman–Crippen MR) is 55.8 cm³/mol. The van der Waals surface area contributed by atoms with Crippen LogP contribution < -0.4 is 5.32 Å². The number of hydrogen-bond acceptors (Lipinski definition) is 3. The van der Waals surface area contributed by atoms with Crippen LogP contribution >= 0.6 is 0 Å². The summed E-state index contributed by atoms with van der Waals surface area (Å²) in [6.07, 6.45) is 2.30. The third kappa shape index (κ3) is 2.52. The molecule has 1 saturated carbocycles. The van der Waals surface area contributed by atoms with Crippen LogP contribution in [0.2, 0.25) is 0 Å². The van der Waals surface area contributed by atoms with Crippen molar-refractivity contribution in [3.8, 4) is 0 Å². The summed E-state index contributed by atoms with van der Waals surface area (Å²) in [5.41, 5.74) is 0. The van der Waals surface area contributed by atoms with Gasteiger partial charge in [0.15, 0.2) is 0 Å². The number of amides is 1. The molecule has 0 spiro atoms. The number of nitrogens with one attached hydrogen (secondary N) is 1. The molecule has 16 heavy (non-hydrogen) atoms. The Kier molecular flexibility index (Phi) is 3.14. The number of carbonyl (C=O) groups excluding carboxylic acids is 1. The van der Waals surface area contributed by atoms with E-state index in [1.165, 1.54) is 0 Å². The molecule has 5 nitrogen and oxygen atoms in total. The zero-order valence-electron chi connectivity index (χ0n) is 9.31. The lowest BCUT2D eigenvalue weighted by Crippen LogP contribution is -2.42. The first kappa shape index (κ1) is 11.4. The van der Waals surface area contributed by atoms with Crippen molar-refractivity contribution >= 4 is 11.9 Å². The van der Waals surface area contributed by atoms with Gasteiger partial charge in [0.2, 0.25) is 5.91 Å². The maximum absolute atomic E-state index is 11.7. The first-order valence-electron chi connectivity index (χ1n) is 5.72. The van der Waals surface area contributed by atoms with Crippen LogP contribution in [0.5, 0.6) is 0 Å². The van der Waals surface area contributed by atoms with Gasteiger partial charge < -0.3 is 15.2 Å². The van der Waals surface area contributed by atoms with Crippen molar-refractivity contribution in [2.75, 3.05) is 6.61 Å². The molecule has 2 unspecified atom stereocenters. The molecular formula is C11H17NO4. The number of aliphatic carboxylic acids is 1. The molecule has 4 atom stereocenters. The van der Waals surface area contributed by atoms with Crippen LogP contribution in [0.25, 0.3) is 0 Å². The van der Waals surface area contributed by atoms with Gasteiger partial charge in [-0.2, -0.15) is 0 Å². The largest absolute Gasteiger partial charge is 0.481 e. The molecule has 2 fully saturated rings. The zero-order chi connectivity index (χ0) is 11.7. The number of carboxylic acids is 1. The van der Waals surface area contributed by atoms with E-state index >= 15 is 0 Å². The minimum atomic E-state index is -0.861. The van der Waals surface area contributed by atoms with Gasteiger partial charge in [-0.3, -0.25) is 9.59 Å². The first-order valence-corrected chi connectivity index (χ1v) is 5.72. The van der Waals surface area contributed by atoms with Crippen LogP contribution in [0.3, 0.4) is 0 Å². The standard InChI is InChI=1S/C11H17NO4/c1-6-4-7(2-3-16-6)12-10(13)8-5-9(8)11(14)15/h6-9H,2-5H2,1H3,(H,12,13)(H,14,15)/t6?,7?,8-,9+/m1/s1. The van der Waals surface area contributed by atoms with Crippen molar-refractivity contribution < 1.29 is 19.4 Å². The first-order chi connectivity index (χ1) is 7.58. The van der Waals surface area contributed by atoms with E-state index in [9.17, 15) is 9.59 Å². The quantitative estimate of drug-likeness (QED) is 0.731. The van der Waals surface area contributed by atoms with Crippen LogP contribution in [0.4, 0.5) is 0 Å². The summed E-state index contributed by atoms with van der Waals surface area (Å²) in [7, 11) is 0. The lowest BCUT2D eigenvalue weighted by molar-refractivity contribution is -0.140. The average molecular weight is 227 g/mol. The molecule has 2 aliphatic rings. The summed E-state index contributed by atoms with van der Waals surface area (Å²) in [6, 6.07) is 0.145. The van der Waals surface area contributed by atoms with Crippen molar-refractivity contribution in [3.05, 3.63) is 0 Å².